The predicted octanol–water partition coefficient (Wildman–Crippen LogP) is 4.32. The van der Waals surface area contributed by atoms with Gasteiger partial charge < -0.3 is 4.90 Å². The Labute approximate surface area is 163 Å². The molecule has 1 saturated heterocycles. The molecule has 0 N–H and O–H groups in total. The standard InChI is InChI=1S/C22H30N2O2S/c1-2-3-4-6-9-20-12-14-22(15-13-20)27(25,26)24-18-16-23(17-19-24)21-10-7-5-8-11-21/h5,7-8,10-15H,2-4,6,9,16-19H2,1H3. The lowest BCUT2D eigenvalue weighted by molar-refractivity contribution is 0.385. The average molecular weight is 387 g/mol. The molecule has 3 rings (SSSR count). The van der Waals surface area contributed by atoms with E-state index >= 15 is 0 Å². The van der Waals surface area contributed by atoms with Gasteiger partial charge in [-0.25, -0.2) is 8.42 Å². The van der Waals surface area contributed by atoms with E-state index in [1.807, 2.05) is 30.3 Å². The maximum absolute atomic E-state index is 12.9. The minimum atomic E-state index is -3.41. The van der Waals surface area contributed by atoms with Crippen molar-refractivity contribution >= 4 is 15.7 Å². The van der Waals surface area contributed by atoms with Gasteiger partial charge >= 0.3 is 0 Å². The van der Waals surface area contributed by atoms with Gasteiger partial charge in [0, 0.05) is 31.9 Å². The largest absolute Gasteiger partial charge is 0.369 e. The Kier molecular flexibility index (Phi) is 6.91. The molecule has 0 aliphatic carbocycles. The number of para-hydroxylation sites is 1. The summed E-state index contributed by atoms with van der Waals surface area (Å²) in [5, 5.41) is 0. The van der Waals surface area contributed by atoms with Crippen molar-refractivity contribution in [2.24, 2.45) is 0 Å². The van der Waals surface area contributed by atoms with Crippen molar-refractivity contribution in [1.82, 2.24) is 4.31 Å². The molecule has 0 bridgehead atoms. The van der Waals surface area contributed by atoms with Gasteiger partial charge in [0.05, 0.1) is 4.90 Å². The minimum absolute atomic E-state index is 0.410. The SMILES string of the molecule is CCCCCCc1ccc(S(=O)(=O)N2CCN(c3ccccc3)CC2)cc1. The smallest absolute Gasteiger partial charge is 0.243 e. The lowest BCUT2D eigenvalue weighted by Crippen LogP contribution is -2.48. The summed E-state index contributed by atoms with van der Waals surface area (Å²) in [5.74, 6) is 0. The Morgan fingerprint density at radius 1 is 0.815 bits per heavy atom. The number of unbranched alkanes of at least 4 members (excludes halogenated alkanes) is 3. The van der Waals surface area contributed by atoms with E-state index in [-0.39, 0.29) is 0 Å². The van der Waals surface area contributed by atoms with Crippen LogP contribution in [0.2, 0.25) is 0 Å². The second-order valence-electron chi connectivity index (χ2n) is 7.18. The van der Waals surface area contributed by atoms with Crippen molar-refractivity contribution < 1.29 is 8.42 Å². The maximum Gasteiger partial charge on any atom is 0.243 e. The minimum Gasteiger partial charge on any atom is -0.369 e. The van der Waals surface area contributed by atoms with Crippen molar-refractivity contribution in [3.8, 4) is 0 Å². The molecule has 2 aromatic rings. The Balaban J connectivity index is 1.58. The average Bonchev–Trinajstić information content (AvgIpc) is 2.72. The van der Waals surface area contributed by atoms with E-state index in [2.05, 4.69) is 24.0 Å². The van der Waals surface area contributed by atoms with Crippen molar-refractivity contribution in [3.05, 3.63) is 60.2 Å². The van der Waals surface area contributed by atoms with Crippen molar-refractivity contribution in [3.63, 3.8) is 0 Å². The monoisotopic (exact) mass is 386 g/mol. The van der Waals surface area contributed by atoms with Gasteiger partial charge in [-0.2, -0.15) is 4.31 Å². The van der Waals surface area contributed by atoms with Crippen LogP contribution in [0.5, 0.6) is 0 Å². The summed E-state index contributed by atoms with van der Waals surface area (Å²) in [6.45, 7) is 4.70. The summed E-state index contributed by atoms with van der Waals surface area (Å²) in [4.78, 5) is 2.65. The molecule has 5 heteroatoms. The molecule has 0 atom stereocenters. The normalized spacial score (nSPS) is 15.8. The third-order valence-electron chi connectivity index (χ3n) is 5.24. The summed E-state index contributed by atoms with van der Waals surface area (Å²) in [6.07, 6.45) is 5.93. The quantitative estimate of drug-likeness (QED) is 0.635. The molecule has 1 aliphatic rings. The number of rotatable bonds is 8. The van der Waals surface area contributed by atoms with Gasteiger partial charge in [-0.15, -0.1) is 0 Å². The van der Waals surface area contributed by atoms with Crippen LogP contribution in [0.4, 0.5) is 5.69 Å². The Morgan fingerprint density at radius 2 is 1.48 bits per heavy atom. The molecule has 1 heterocycles. The van der Waals surface area contributed by atoms with Gasteiger partial charge in [-0.1, -0.05) is 56.5 Å². The van der Waals surface area contributed by atoms with E-state index in [0.29, 0.717) is 18.0 Å². The van der Waals surface area contributed by atoms with Crippen LogP contribution in [0.3, 0.4) is 0 Å². The van der Waals surface area contributed by atoms with Crippen molar-refractivity contribution in [1.29, 1.82) is 0 Å². The first kappa shape index (κ1) is 19.9. The third kappa shape index (κ3) is 5.11. The molecule has 0 unspecified atom stereocenters. The van der Waals surface area contributed by atoms with E-state index in [1.54, 1.807) is 16.4 Å². The molecule has 1 fully saturated rings. The Bertz CT molecular complexity index is 796. The predicted molar refractivity (Wildman–Crippen MR) is 112 cm³/mol. The molecular formula is C22H30N2O2S. The van der Waals surface area contributed by atoms with E-state index in [0.717, 1.165) is 25.2 Å². The van der Waals surface area contributed by atoms with Crippen LogP contribution in [0, 0.1) is 0 Å². The number of hydrogen-bond donors (Lipinski definition) is 0. The first-order valence-electron chi connectivity index (χ1n) is 10.0. The van der Waals surface area contributed by atoms with Gasteiger partial charge in [0.15, 0.2) is 0 Å². The van der Waals surface area contributed by atoms with Crippen LogP contribution >= 0.6 is 0 Å². The van der Waals surface area contributed by atoms with Crippen LogP contribution in [0.1, 0.15) is 38.2 Å². The summed E-state index contributed by atoms with van der Waals surface area (Å²) in [7, 11) is -3.41. The van der Waals surface area contributed by atoms with E-state index in [9.17, 15) is 8.42 Å². The highest BCUT2D eigenvalue weighted by Gasteiger charge is 2.28. The molecule has 0 spiro atoms. The first-order chi connectivity index (χ1) is 13.1. The highest BCUT2D eigenvalue weighted by atomic mass is 32.2. The molecule has 0 radical (unpaired) electrons. The zero-order valence-electron chi connectivity index (χ0n) is 16.2. The lowest BCUT2D eigenvalue weighted by atomic mass is 10.1. The summed E-state index contributed by atoms with van der Waals surface area (Å²) < 4.78 is 27.5. The molecular weight excluding hydrogens is 356 g/mol. The van der Waals surface area contributed by atoms with E-state index in [1.165, 1.54) is 31.2 Å². The van der Waals surface area contributed by atoms with Gasteiger partial charge in [0.25, 0.3) is 0 Å². The van der Waals surface area contributed by atoms with Crippen LogP contribution in [0.25, 0.3) is 0 Å². The number of benzene rings is 2. The highest BCUT2D eigenvalue weighted by molar-refractivity contribution is 7.89. The summed E-state index contributed by atoms with van der Waals surface area (Å²) in [6, 6.07) is 17.7. The second-order valence-corrected chi connectivity index (χ2v) is 9.12. The molecule has 27 heavy (non-hydrogen) atoms. The molecule has 2 aromatic carbocycles. The molecule has 1 aliphatic heterocycles. The maximum atomic E-state index is 12.9. The number of piperazine rings is 1. The molecule has 0 aromatic heterocycles. The van der Waals surface area contributed by atoms with Gasteiger partial charge in [0.2, 0.25) is 10.0 Å². The molecule has 4 nitrogen and oxygen atoms in total. The third-order valence-corrected chi connectivity index (χ3v) is 7.15. The zero-order chi connectivity index (χ0) is 19.1. The van der Waals surface area contributed by atoms with Crippen molar-refractivity contribution in [2.45, 2.75) is 43.9 Å². The van der Waals surface area contributed by atoms with Gasteiger partial charge in [-0.3, -0.25) is 0 Å². The first-order valence-corrected chi connectivity index (χ1v) is 11.4. The fourth-order valence-corrected chi connectivity index (χ4v) is 4.98. The summed E-state index contributed by atoms with van der Waals surface area (Å²) in [5.41, 5.74) is 2.38. The highest BCUT2D eigenvalue weighted by Crippen LogP contribution is 2.21. The number of hydrogen-bond acceptors (Lipinski definition) is 3. The summed E-state index contributed by atoms with van der Waals surface area (Å²) >= 11 is 0. The zero-order valence-corrected chi connectivity index (χ0v) is 17.0. The number of nitrogens with zero attached hydrogens (tertiary/aromatic N) is 2. The fourth-order valence-electron chi connectivity index (χ4n) is 3.56. The number of sulfonamides is 1. The Hall–Kier alpha value is -1.85. The van der Waals surface area contributed by atoms with Crippen LogP contribution in [-0.2, 0) is 16.4 Å². The van der Waals surface area contributed by atoms with E-state index < -0.39 is 10.0 Å². The van der Waals surface area contributed by atoms with Crippen LogP contribution in [-0.4, -0.2) is 38.9 Å². The van der Waals surface area contributed by atoms with Gasteiger partial charge in [0.1, 0.15) is 0 Å². The molecule has 146 valence electrons. The lowest BCUT2D eigenvalue weighted by Gasteiger charge is -2.35. The van der Waals surface area contributed by atoms with Crippen molar-refractivity contribution in [2.75, 3.05) is 31.1 Å². The van der Waals surface area contributed by atoms with E-state index in [4.69, 9.17) is 0 Å². The van der Waals surface area contributed by atoms with Gasteiger partial charge in [-0.05, 0) is 42.7 Å². The topological polar surface area (TPSA) is 40.6 Å². The number of aryl methyl sites for hydroxylation is 1. The van der Waals surface area contributed by atoms with Crippen LogP contribution < -0.4 is 4.90 Å². The molecule has 0 saturated carbocycles. The Morgan fingerprint density at radius 3 is 2.11 bits per heavy atom. The fraction of sp³-hybridized carbons (Fsp3) is 0.455. The second kappa shape index (κ2) is 9.38. The number of anilines is 1. The van der Waals surface area contributed by atoms with Crippen LogP contribution in [0.15, 0.2) is 59.5 Å². The molecule has 0 amide bonds.